The molecule has 5 rings (SSSR count). The molecule has 1 aromatic carbocycles. The highest BCUT2D eigenvalue weighted by Gasteiger charge is 2.25. The molecule has 1 amide bonds. The van der Waals surface area contributed by atoms with Crippen molar-refractivity contribution in [1.29, 1.82) is 0 Å². The van der Waals surface area contributed by atoms with Crippen molar-refractivity contribution in [3.8, 4) is 22.4 Å². The van der Waals surface area contributed by atoms with E-state index in [1.54, 1.807) is 4.90 Å². The average molecular weight is 401 g/mol. The second-order valence-electron chi connectivity index (χ2n) is 8.84. The van der Waals surface area contributed by atoms with Gasteiger partial charge in [-0.3, -0.25) is 14.5 Å². The summed E-state index contributed by atoms with van der Waals surface area (Å²) in [4.78, 5) is 19.1. The largest absolute Gasteiger partial charge is 0.337 e. The maximum atomic E-state index is 12.5. The van der Waals surface area contributed by atoms with Crippen LogP contribution in [-0.2, 0) is 13.1 Å². The monoisotopic (exact) mass is 400 g/mol. The lowest BCUT2D eigenvalue weighted by Crippen LogP contribution is -2.17. The Morgan fingerprint density at radius 3 is 2.70 bits per heavy atom. The van der Waals surface area contributed by atoms with E-state index in [2.05, 4.69) is 34.2 Å². The Balaban J connectivity index is 1.49. The van der Waals surface area contributed by atoms with Crippen molar-refractivity contribution < 1.29 is 4.79 Å². The number of hydrogen-bond acceptors (Lipinski definition) is 3. The summed E-state index contributed by atoms with van der Waals surface area (Å²) in [5.41, 5.74) is 6.88. The number of rotatable bonds is 4. The minimum atomic E-state index is 0.0846. The van der Waals surface area contributed by atoms with Crippen LogP contribution in [0.1, 0.15) is 53.7 Å². The highest BCUT2D eigenvalue weighted by molar-refractivity contribution is 5.99. The van der Waals surface area contributed by atoms with Gasteiger partial charge in [0.05, 0.1) is 11.9 Å². The van der Waals surface area contributed by atoms with Gasteiger partial charge < -0.3 is 4.90 Å². The minimum absolute atomic E-state index is 0.0846. The molecular formula is C25H28N4O. The third-order valence-corrected chi connectivity index (χ3v) is 6.52. The SMILES string of the molecule is Cc1ccc(-c2cnn(CC3CCCCC3)c2)c(-c2ccc3c(c2)C(=O)N(C)C3)n1. The molecule has 1 aliphatic heterocycles. The molecule has 2 aromatic heterocycles. The van der Waals surface area contributed by atoms with Crippen LogP contribution in [-0.4, -0.2) is 32.6 Å². The summed E-state index contributed by atoms with van der Waals surface area (Å²) in [5.74, 6) is 0.822. The van der Waals surface area contributed by atoms with Gasteiger partial charge in [0.25, 0.3) is 5.91 Å². The molecule has 3 aromatic rings. The first kappa shape index (κ1) is 19.0. The zero-order chi connectivity index (χ0) is 20.7. The van der Waals surface area contributed by atoms with Crippen molar-refractivity contribution in [2.75, 3.05) is 7.05 Å². The molecule has 1 aliphatic carbocycles. The molecule has 154 valence electrons. The van der Waals surface area contributed by atoms with Crippen LogP contribution in [0.15, 0.2) is 42.7 Å². The Bertz CT molecular complexity index is 1090. The van der Waals surface area contributed by atoms with Crippen LogP contribution in [0.25, 0.3) is 22.4 Å². The van der Waals surface area contributed by atoms with Crippen LogP contribution >= 0.6 is 0 Å². The first-order valence-corrected chi connectivity index (χ1v) is 11.0. The zero-order valence-electron chi connectivity index (χ0n) is 17.8. The topological polar surface area (TPSA) is 51.0 Å². The third kappa shape index (κ3) is 3.53. The fourth-order valence-electron chi connectivity index (χ4n) is 4.84. The number of nitrogens with zero attached hydrogens (tertiary/aromatic N) is 4. The normalized spacial score (nSPS) is 16.9. The number of aromatic nitrogens is 3. The van der Waals surface area contributed by atoms with E-state index in [4.69, 9.17) is 4.98 Å². The number of hydrogen-bond donors (Lipinski definition) is 0. The fourth-order valence-corrected chi connectivity index (χ4v) is 4.84. The molecule has 0 bridgehead atoms. The van der Waals surface area contributed by atoms with Crippen LogP contribution in [0.4, 0.5) is 0 Å². The molecular weight excluding hydrogens is 372 g/mol. The van der Waals surface area contributed by atoms with E-state index in [0.29, 0.717) is 6.54 Å². The lowest BCUT2D eigenvalue weighted by molar-refractivity contribution is 0.0816. The molecule has 1 saturated carbocycles. The van der Waals surface area contributed by atoms with Gasteiger partial charge >= 0.3 is 0 Å². The quantitative estimate of drug-likeness (QED) is 0.613. The first-order valence-electron chi connectivity index (χ1n) is 11.0. The van der Waals surface area contributed by atoms with Gasteiger partial charge in [0.1, 0.15) is 0 Å². The maximum absolute atomic E-state index is 12.5. The standard InChI is InChI=1S/C25H28N4O/c1-17-8-11-22(21-13-26-29(16-21)14-18-6-4-3-5-7-18)24(27-17)19-9-10-20-15-28(2)25(30)23(20)12-19/h8-13,16,18H,3-7,14-15H2,1-2H3. The second-order valence-corrected chi connectivity index (χ2v) is 8.84. The molecule has 1 fully saturated rings. The summed E-state index contributed by atoms with van der Waals surface area (Å²) in [6.07, 6.45) is 10.8. The van der Waals surface area contributed by atoms with Crippen LogP contribution in [0, 0.1) is 12.8 Å². The van der Waals surface area contributed by atoms with E-state index in [1.807, 2.05) is 32.3 Å². The molecule has 30 heavy (non-hydrogen) atoms. The van der Waals surface area contributed by atoms with Crippen molar-refractivity contribution in [3.63, 3.8) is 0 Å². The maximum Gasteiger partial charge on any atom is 0.254 e. The lowest BCUT2D eigenvalue weighted by Gasteiger charge is -2.21. The zero-order valence-corrected chi connectivity index (χ0v) is 17.8. The summed E-state index contributed by atoms with van der Waals surface area (Å²) in [5, 5.41) is 4.65. The molecule has 0 unspecified atom stereocenters. The number of carbonyl (C=O) groups is 1. The summed E-state index contributed by atoms with van der Waals surface area (Å²) in [7, 11) is 1.85. The van der Waals surface area contributed by atoms with Gasteiger partial charge in [0.15, 0.2) is 0 Å². The summed E-state index contributed by atoms with van der Waals surface area (Å²) in [6, 6.07) is 10.3. The molecule has 0 saturated heterocycles. The van der Waals surface area contributed by atoms with Crippen molar-refractivity contribution in [2.45, 2.75) is 52.1 Å². The van der Waals surface area contributed by atoms with E-state index < -0.39 is 0 Å². The number of aryl methyl sites for hydroxylation is 1. The van der Waals surface area contributed by atoms with Crippen LogP contribution in [0.5, 0.6) is 0 Å². The minimum Gasteiger partial charge on any atom is -0.337 e. The summed E-state index contributed by atoms with van der Waals surface area (Å²) < 4.78 is 2.09. The van der Waals surface area contributed by atoms with Crippen LogP contribution in [0.3, 0.4) is 0 Å². The van der Waals surface area contributed by atoms with E-state index in [0.717, 1.165) is 51.7 Å². The molecule has 2 aliphatic rings. The predicted octanol–water partition coefficient (Wildman–Crippen LogP) is 5.09. The van der Waals surface area contributed by atoms with Crippen molar-refractivity contribution >= 4 is 5.91 Å². The molecule has 3 heterocycles. The van der Waals surface area contributed by atoms with E-state index in [9.17, 15) is 4.79 Å². The van der Waals surface area contributed by atoms with Crippen molar-refractivity contribution in [3.05, 3.63) is 59.5 Å². The average Bonchev–Trinajstić information content (AvgIpc) is 3.33. The summed E-state index contributed by atoms with van der Waals surface area (Å²) >= 11 is 0. The number of amides is 1. The Hall–Kier alpha value is -2.95. The van der Waals surface area contributed by atoms with E-state index in [-0.39, 0.29) is 5.91 Å². The highest BCUT2D eigenvalue weighted by atomic mass is 16.2. The number of pyridine rings is 1. The summed E-state index contributed by atoms with van der Waals surface area (Å²) in [6.45, 7) is 3.68. The lowest BCUT2D eigenvalue weighted by atomic mass is 9.89. The fraction of sp³-hybridized carbons (Fsp3) is 0.400. The highest BCUT2D eigenvalue weighted by Crippen LogP contribution is 2.34. The molecule has 0 spiro atoms. The Morgan fingerprint density at radius 1 is 1.03 bits per heavy atom. The first-order chi connectivity index (χ1) is 14.6. The molecule has 0 atom stereocenters. The van der Waals surface area contributed by atoms with Gasteiger partial charge in [-0.15, -0.1) is 0 Å². The van der Waals surface area contributed by atoms with Gasteiger partial charge in [-0.1, -0.05) is 37.5 Å². The Labute approximate surface area is 177 Å². The van der Waals surface area contributed by atoms with Gasteiger partial charge in [-0.2, -0.15) is 5.10 Å². The molecule has 0 N–H and O–H groups in total. The molecule has 5 heteroatoms. The Kier molecular flexibility index (Phi) is 4.89. The molecule has 5 nitrogen and oxygen atoms in total. The number of benzene rings is 1. The molecule has 0 radical (unpaired) electrons. The number of fused-ring (bicyclic) bond motifs is 1. The van der Waals surface area contributed by atoms with Crippen molar-refractivity contribution in [1.82, 2.24) is 19.7 Å². The van der Waals surface area contributed by atoms with Gasteiger partial charge in [0.2, 0.25) is 0 Å². The third-order valence-electron chi connectivity index (χ3n) is 6.52. The number of carbonyl (C=O) groups excluding carboxylic acids is 1. The van der Waals surface area contributed by atoms with Gasteiger partial charge in [-0.25, -0.2) is 0 Å². The van der Waals surface area contributed by atoms with Gasteiger partial charge in [-0.05, 0) is 43.4 Å². The van der Waals surface area contributed by atoms with E-state index in [1.165, 1.54) is 32.1 Å². The van der Waals surface area contributed by atoms with Crippen molar-refractivity contribution in [2.24, 2.45) is 5.92 Å². The van der Waals surface area contributed by atoms with E-state index >= 15 is 0 Å². The predicted molar refractivity (Wildman–Crippen MR) is 118 cm³/mol. The van der Waals surface area contributed by atoms with Crippen LogP contribution < -0.4 is 0 Å². The van der Waals surface area contributed by atoms with Gasteiger partial charge in [0, 0.05) is 54.3 Å². The Morgan fingerprint density at radius 2 is 1.87 bits per heavy atom. The second kappa shape index (κ2) is 7.71. The smallest absolute Gasteiger partial charge is 0.254 e. The van der Waals surface area contributed by atoms with Crippen LogP contribution in [0.2, 0.25) is 0 Å².